The molecule has 1 heterocycles. The second kappa shape index (κ2) is 12.0. The SMILES string of the molecule is COC(=O)CCC(=O)Nc1ccc(-c2ccccc2)c(OCC2CCN(CC(C)(C)F)CC2)c1. The molecule has 1 aliphatic heterocycles. The van der Waals surface area contributed by atoms with E-state index < -0.39 is 11.6 Å². The minimum Gasteiger partial charge on any atom is -0.493 e. The molecule has 0 saturated carbocycles. The van der Waals surface area contributed by atoms with Crippen LogP contribution in [0.4, 0.5) is 10.1 Å². The Morgan fingerprint density at radius 2 is 1.79 bits per heavy atom. The number of nitrogens with zero attached hydrogens (tertiary/aromatic N) is 1. The summed E-state index contributed by atoms with van der Waals surface area (Å²) in [6.45, 7) is 5.98. The van der Waals surface area contributed by atoms with Crippen LogP contribution in [0.5, 0.6) is 5.75 Å². The van der Waals surface area contributed by atoms with Gasteiger partial charge in [-0.25, -0.2) is 4.39 Å². The molecule has 6 nitrogen and oxygen atoms in total. The number of amides is 1. The van der Waals surface area contributed by atoms with Gasteiger partial charge in [0, 0.05) is 30.3 Å². The minimum atomic E-state index is -1.18. The molecule has 1 N–H and O–H groups in total. The number of likely N-dealkylation sites (tertiary alicyclic amines) is 1. The van der Waals surface area contributed by atoms with Crippen LogP contribution < -0.4 is 10.1 Å². The van der Waals surface area contributed by atoms with Gasteiger partial charge in [-0.2, -0.15) is 0 Å². The Morgan fingerprint density at radius 3 is 2.44 bits per heavy atom. The summed E-state index contributed by atoms with van der Waals surface area (Å²) in [5.41, 5.74) is 1.41. The highest BCUT2D eigenvalue weighted by Crippen LogP contribution is 2.33. The Bertz CT molecular complexity index is 951. The lowest BCUT2D eigenvalue weighted by molar-refractivity contribution is -0.141. The maximum atomic E-state index is 14.0. The second-order valence-corrected chi connectivity index (χ2v) is 9.45. The van der Waals surface area contributed by atoms with Crippen LogP contribution in [-0.4, -0.2) is 55.8 Å². The molecule has 34 heavy (non-hydrogen) atoms. The van der Waals surface area contributed by atoms with E-state index in [2.05, 4.69) is 15.0 Å². The van der Waals surface area contributed by atoms with Crippen molar-refractivity contribution >= 4 is 17.6 Å². The molecule has 7 heteroatoms. The third-order valence-electron chi connectivity index (χ3n) is 5.92. The number of alkyl halides is 1. The molecular formula is C27H35FN2O4. The number of halogens is 1. The maximum Gasteiger partial charge on any atom is 0.306 e. The quantitative estimate of drug-likeness (QED) is 0.490. The van der Waals surface area contributed by atoms with E-state index in [1.807, 2.05) is 48.5 Å². The van der Waals surface area contributed by atoms with Crippen LogP contribution in [0.1, 0.15) is 39.5 Å². The molecule has 0 aliphatic carbocycles. The molecule has 0 unspecified atom stereocenters. The zero-order valence-electron chi connectivity index (χ0n) is 20.3. The van der Waals surface area contributed by atoms with Crippen molar-refractivity contribution in [2.45, 2.75) is 45.2 Å². The van der Waals surface area contributed by atoms with Gasteiger partial charge in [-0.15, -0.1) is 0 Å². The number of methoxy groups -OCH3 is 1. The molecule has 1 fully saturated rings. The number of esters is 1. The Morgan fingerprint density at radius 1 is 1.09 bits per heavy atom. The highest BCUT2D eigenvalue weighted by molar-refractivity contribution is 5.93. The van der Waals surface area contributed by atoms with Crippen molar-refractivity contribution in [2.75, 3.05) is 38.7 Å². The highest BCUT2D eigenvalue weighted by Gasteiger charge is 2.25. The number of hydrogen-bond donors (Lipinski definition) is 1. The van der Waals surface area contributed by atoms with Gasteiger partial charge in [0.05, 0.1) is 20.1 Å². The summed E-state index contributed by atoms with van der Waals surface area (Å²) in [6.07, 6.45) is 2.01. The fourth-order valence-electron chi connectivity index (χ4n) is 4.17. The van der Waals surface area contributed by atoms with Crippen LogP contribution in [-0.2, 0) is 14.3 Å². The molecule has 3 rings (SSSR count). The van der Waals surface area contributed by atoms with Crippen molar-refractivity contribution in [3.63, 3.8) is 0 Å². The molecule has 1 amide bonds. The van der Waals surface area contributed by atoms with Crippen LogP contribution in [0.15, 0.2) is 48.5 Å². The van der Waals surface area contributed by atoms with Crippen LogP contribution in [0.25, 0.3) is 11.1 Å². The standard InChI is InChI=1S/C27H35FN2O4/c1-27(2,28)19-30-15-13-20(14-16-30)18-34-24-17-22(29-25(31)11-12-26(32)33-3)9-10-23(24)21-7-5-4-6-8-21/h4-10,17,20H,11-16,18-19H2,1-3H3,(H,29,31). The van der Waals surface area contributed by atoms with E-state index in [1.54, 1.807) is 13.8 Å². The van der Waals surface area contributed by atoms with Crippen molar-refractivity contribution in [3.05, 3.63) is 48.5 Å². The largest absolute Gasteiger partial charge is 0.493 e. The summed E-state index contributed by atoms with van der Waals surface area (Å²) in [7, 11) is 1.30. The van der Waals surface area contributed by atoms with Gasteiger partial charge in [0.1, 0.15) is 11.4 Å². The van der Waals surface area contributed by atoms with Gasteiger partial charge < -0.3 is 19.7 Å². The number of hydrogen-bond acceptors (Lipinski definition) is 5. The number of rotatable bonds is 10. The molecule has 0 atom stereocenters. The Hall–Kier alpha value is -2.93. The number of carbonyl (C=O) groups excluding carboxylic acids is 2. The van der Waals surface area contributed by atoms with Gasteiger partial charge in [-0.05, 0) is 63.4 Å². The van der Waals surface area contributed by atoms with Gasteiger partial charge in [0.25, 0.3) is 0 Å². The van der Waals surface area contributed by atoms with Crippen LogP contribution in [0.2, 0.25) is 0 Å². The summed E-state index contributed by atoms with van der Waals surface area (Å²) in [5.74, 6) is 0.414. The average Bonchev–Trinajstić information content (AvgIpc) is 2.82. The van der Waals surface area contributed by atoms with Crippen molar-refractivity contribution in [1.82, 2.24) is 4.90 Å². The fourth-order valence-corrected chi connectivity index (χ4v) is 4.17. The monoisotopic (exact) mass is 470 g/mol. The molecule has 184 valence electrons. The van der Waals surface area contributed by atoms with E-state index in [1.165, 1.54) is 7.11 Å². The van der Waals surface area contributed by atoms with E-state index in [0.29, 0.717) is 30.5 Å². The van der Waals surface area contributed by atoms with E-state index in [9.17, 15) is 14.0 Å². The molecule has 1 aliphatic rings. The van der Waals surface area contributed by atoms with Crippen LogP contribution in [0.3, 0.4) is 0 Å². The van der Waals surface area contributed by atoms with E-state index in [0.717, 1.165) is 37.1 Å². The van der Waals surface area contributed by atoms with E-state index in [4.69, 9.17) is 4.74 Å². The van der Waals surface area contributed by atoms with E-state index in [-0.39, 0.29) is 18.7 Å². The summed E-state index contributed by atoms with van der Waals surface area (Å²) < 4.78 is 24.8. The molecule has 0 radical (unpaired) electrons. The number of carbonyl (C=O) groups is 2. The number of piperidine rings is 1. The lowest BCUT2D eigenvalue weighted by atomic mass is 9.96. The lowest BCUT2D eigenvalue weighted by Gasteiger charge is -2.34. The lowest BCUT2D eigenvalue weighted by Crippen LogP contribution is -2.41. The summed E-state index contributed by atoms with van der Waals surface area (Å²) >= 11 is 0. The number of anilines is 1. The third-order valence-corrected chi connectivity index (χ3v) is 5.92. The summed E-state index contributed by atoms with van der Waals surface area (Å²) in [5, 5.41) is 2.84. The first-order valence-corrected chi connectivity index (χ1v) is 11.8. The molecule has 1 saturated heterocycles. The van der Waals surface area contributed by atoms with Crippen LogP contribution in [0, 0.1) is 5.92 Å². The first-order chi connectivity index (χ1) is 16.2. The summed E-state index contributed by atoms with van der Waals surface area (Å²) in [4.78, 5) is 25.7. The first kappa shape index (κ1) is 25.7. The summed E-state index contributed by atoms with van der Waals surface area (Å²) in [6, 6.07) is 15.6. The fraction of sp³-hybridized carbons (Fsp3) is 0.481. The smallest absolute Gasteiger partial charge is 0.306 e. The molecular weight excluding hydrogens is 435 g/mol. The van der Waals surface area contributed by atoms with Crippen molar-refractivity contribution < 1.29 is 23.5 Å². The van der Waals surface area contributed by atoms with Gasteiger partial charge in [0.15, 0.2) is 0 Å². The van der Waals surface area contributed by atoms with Gasteiger partial charge in [0.2, 0.25) is 5.91 Å². The number of benzene rings is 2. The molecule has 2 aromatic rings. The number of ether oxygens (including phenoxy) is 2. The first-order valence-electron chi connectivity index (χ1n) is 11.8. The van der Waals surface area contributed by atoms with Gasteiger partial charge in [-0.1, -0.05) is 30.3 Å². The molecule has 2 aromatic carbocycles. The number of nitrogens with one attached hydrogen (secondary N) is 1. The predicted molar refractivity (Wildman–Crippen MR) is 132 cm³/mol. The zero-order chi connectivity index (χ0) is 24.6. The predicted octanol–water partition coefficient (Wildman–Crippen LogP) is 5.08. The van der Waals surface area contributed by atoms with Crippen molar-refractivity contribution in [2.24, 2.45) is 5.92 Å². The molecule has 0 aromatic heterocycles. The molecule has 0 spiro atoms. The minimum absolute atomic E-state index is 0.0338. The van der Waals surface area contributed by atoms with Crippen molar-refractivity contribution in [3.8, 4) is 16.9 Å². The highest BCUT2D eigenvalue weighted by atomic mass is 19.1. The van der Waals surface area contributed by atoms with Gasteiger partial charge in [-0.3, -0.25) is 9.59 Å². The van der Waals surface area contributed by atoms with E-state index >= 15 is 0 Å². The Balaban J connectivity index is 1.65. The van der Waals surface area contributed by atoms with Gasteiger partial charge >= 0.3 is 5.97 Å². The Labute approximate surface area is 201 Å². The van der Waals surface area contributed by atoms with Crippen molar-refractivity contribution in [1.29, 1.82) is 0 Å². The maximum absolute atomic E-state index is 14.0. The zero-order valence-corrected chi connectivity index (χ0v) is 20.3. The van der Waals surface area contributed by atoms with Crippen LogP contribution >= 0.6 is 0 Å². The molecule has 0 bridgehead atoms. The third kappa shape index (κ3) is 8.13. The second-order valence-electron chi connectivity index (χ2n) is 9.45. The normalized spacial score (nSPS) is 15.1. The topological polar surface area (TPSA) is 67.9 Å². The average molecular weight is 471 g/mol. The Kier molecular flexibility index (Phi) is 9.05.